The molecule has 0 aromatic heterocycles. The van der Waals surface area contributed by atoms with Crippen LogP contribution in [0.3, 0.4) is 0 Å². The topological polar surface area (TPSA) is 50.4 Å². The Morgan fingerprint density at radius 2 is 2.26 bits per heavy atom. The van der Waals surface area contributed by atoms with Crippen molar-refractivity contribution < 1.29 is 9.53 Å². The number of rotatable bonds is 4. The maximum atomic E-state index is 12.1. The van der Waals surface area contributed by atoms with Gasteiger partial charge in [0.1, 0.15) is 0 Å². The Balaban J connectivity index is 1.92. The van der Waals surface area contributed by atoms with Gasteiger partial charge in [-0.05, 0) is 49.9 Å². The van der Waals surface area contributed by atoms with Gasteiger partial charge in [-0.15, -0.1) is 0 Å². The molecule has 1 aliphatic rings. The van der Waals surface area contributed by atoms with Gasteiger partial charge in [0.2, 0.25) is 0 Å². The minimum absolute atomic E-state index is 0.0191. The maximum Gasteiger partial charge on any atom is 0.251 e. The van der Waals surface area contributed by atoms with Crippen molar-refractivity contribution in [2.24, 2.45) is 0 Å². The molecule has 4 nitrogen and oxygen atoms in total. The van der Waals surface area contributed by atoms with Crippen molar-refractivity contribution in [3.63, 3.8) is 0 Å². The van der Waals surface area contributed by atoms with Crippen LogP contribution in [-0.2, 0) is 4.74 Å². The van der Waals surface area contributed by atoms with E-state index in [-0.39, 0.29) is 12.0 Å². The fourth-order valence-corrected chi connectivity index (χ4v) is 2.34. The molecular weight excluding hydrogens is 240 g/mol. The predicted octanol–water partition coefficient (Wildman–Crippen LogP) is 2.34. The van der Waals surface area contributed by atoms with Crippen molar-refractivity contribution in [3.8, 4) is 0 Å². The van der Waals surface area contributed by atoms with Gasteiger partial charge in [0, 0.05) is 31.5 Å². The summed E-state index contributed by atoms with van der Waals surface area (Å²) in [5.74, 6) is -0.0191. The Hall–Kier alpha value is -1.55. The molecule has 1 fully saturated rings. The lowest BCUT2D eigenvalue weighted by atomic mass is 10.1. The van der Waals surface area contributed by atoms with Gasteiger partial charge in [-0.3, -0.25) is 4.79 Å². The summed E-state index contributed by atoms with van der Waals surface area (Å²) in [6.07, 6.45) is 3.54. The smallest absolute Gasteiger partial charge is 0.251 e. The van der Waals surface area contributed by atoms with Crippen LogP contribution in [0.5, 0.6) is 0 Å². The Kier molecular flexibility index (Phi) is 4.80. The predicted molar refractivity (Wildman–Crippen MR) is 76.6 cm³/mol. The van der Waals surface area contributed by atoms with E-state index in [0.717, 1.165) is 36.3 Å². The van der Waals surface area contributed by atoms with Gasteiger partial charge in [0.25, 0.3) is 5.91 Å². The third kappa shape index (κ3) is 3.70. The van der Waals surface area contributed by atoms with Gasteiger partial charge in [0.05, 0.1) is 6.10 Å². The van der Waals surface area contributed by atoms with E-state index in [1.165, 1.54) is 6.42 Å². The van der Waals surface area contributed by atoms with Crippen LogP contribution in [0.25, 0.3) is 0 Å². The summed E-state index contributed by atoms with van der Waals surface area (Å²) < 4.78 is 5.61. The molecular formula is C15H22N2O2. The molecule has 2 N–H and O–H groups in total. The Labute approximate surface area is 114 Å². The number of aryl methyl sites for hydroxylation is 1. The number of benzene rings is 1. The van der Waals surface area contributed by atoms with Crippen molar-refractivity contribution in [2.75, 3.05) is 25.5 Å². The lowest BCUT2D eigenvalue weighted by Gasteiger charge is -2.22. The van der Waals surface area contributed by atoms with Gasteiger partial charge in [-0.2, -0.15) is 0 Å². The summed E-state index contributed by atoms with van der Waals surface area (Å²) in [6, 6.07) is 5.75. The largest absolute Gasteiger partial charge is 0.388 e. The fraction of sp³-hybridized carbons (Fsp3) is 0.533. The number of carbonyl (C=O) groups excluding carboxylic acids is 1. The average molecular weight is 262 g/mol. The Bertz CT molecular complexity index is 440. The molecule has 1 aromatic rings. The molecule has 4 heteroatoms. The number of ether oxygens (including phenoxy) is 1. The standard InChI is InChI=1S/C15H22N2O2/c1-11-9-12(16-2)6-7-14(11)15(18)17-10-13-5-3-4-8-19-13/h6-7,9,13,16H,3-5,8,10H2,1-2H3,(H,17,18). The molecule has 2 rings (SSSR count). The molecule has 1 amide bonds. The monoisotopic (exact) mass is 262 g/mol. The van der Waals surface area contributed by atoms with Gasteiger partial charge in [-0.25, -0.2) is 0 Å². The third-order valence-electron chi connectivity index (χ3n) is 3.52. The highest BCUT2D eigenvalue weighted by Crippen LogP contribution is 2.15. The summed E-state index contributed by atoms with van der Waals surface area (Å²) in [4.78, 5) is 12.1. The van der Waals surface area contributed by atoms with Crippen LogP contribution >= 0.6 is 0 Å². The minimum atomic E-state index is -0.0191. The zero-order valence-electron chi connectivity index (χ0n) is 11.7. The van der Waals surface area contributed by atoms with Crippen LogP contribution in [0, 0.1) is 6.92 Å². The van der Waals surface area contributed by atoms with Gasteiger partial charge >= 0.3 is 0 Å². The molecule has 1 unspecified atom stereocenters. The van der Waals surface area contributed by atoms with E-state index in [9.17, 15) is 4.79 Å². The van der Waals surface area contributed by atoms with E-state index in [1.54, 1.807) is 0 Å². The van der Waals surface area contributed by atoms with Crippen molar-refractivity contribution in [1.29, 1.82) is 0 Å². The summed E-state index contributed by atoms with van der Waals surface area (Å²) >= 11 is 0. The Morgan fingerprint density at radius 1 is 1.42 bits per heavy atom. The molecule has 0 bridgehead atoms. The highest BCUT2D eigenvalue weighted by Gasteiger charge is 2.16. The van der Waals surface area contributed by atoms with E-state index in [1.807, 2.05) is 32.2 Å². The van der Waals surface area contributed by atoms with Crippen LogP contribution in [-0.4, -0.2) is 32.2 Å². The molecule has 0 saturated carbocycles. The maximum absolute atomic E-state index is 12.1. The lowest BCUT2D eigenvalue weighted by Crippen LogP contribution is -2.35. The molecule has 19 heavy (non-hydrogen) atoms. The second-order valence-corrected chi connectivity index (χ2v) is 4.98. The lowest BCUT2D eigenvalue weighted by molar-refractivity contribution is 0.0169. The summed E-state index contributed by atoms with van der Waals surface area (Å²) in [7, 11) is 1.87. The molecule has 104 valence electrons. The van der Waals surface area contributed by atoms with Crippen LogP contribution in [0.2, 0.25) is 0 Å². The van der Waals surface area contributed by atoms with E-state index < -0.39 is 0 Å². The number of amides is 1. The number of nitrogens with one attached hydrogen (secondary N) is 2. The second-order valence-electron chi connectivity index (χ2n) is 4.98. The molecule has 0 spiro atoms. The normalized spacial score (nSPS) is 18.9. The van der Waals surface area contributed by atoms with Gasteiger partial charge in [-0.1, -0.05) is 0 Å². The van der Waals surface area contributed by atoms with Crippen LogP contribution in [0.4, 0.5) is 5.69 Å². The first kappa shape index (κ1) is 13.9. The van der Waals surface area contributed by atoms with E-state index in [0.29, 0.717) is 6.54 Å². The fourth-order valence-electron chi connectivity index (χ4n) is 2.34. The molecule has 1 aliphatic heterocycles. The second kappa shape index (κ2) is 6.57. The Morgan fingerprint density at radius 3 is 2.89 bits per heavy atom. The summed E-state index contributed by atoms with van der Waals surface area (Å²) in [5, 5.41) is 6.03. The third-order valence-corrected chi connectivity index (χ3v) is 3.52. The van der Waals surface area contributed by atoms with Crippen molar-refractivity contribution in [3.05, 3.63) is 29.3 Å². The minimum Gasteiger partial charge on any atom is -0.388 e. The van der Waals surface area contributed by atoms with E-state index in [2.05, 4.69) is 10.6 Å². The molecule has 1 heterocycles. The van der Waals surface area contributed by atoms with Gasteiger partial charge < -0.3 is 15.4 Å². The van der Waals surface area contributed by atoms with Gasteiger partial charge in [0.15, 0.2) is 0 Å². The molecule has 1 atom stereocenters. The van der Waals surface area contributed by atoms with E-state index >= 15 is 0 Å². The van der Waals surface area contributed by atoms with Crippen molar-refractivity contribution in [2.45, 2.75) is 32.3 Å². The zero-order chi connectivity index (χ0) is 13.7. The van der Waals surface area contributed by atoms with Crippen molar-refractivity contribution in [1.82, 2.24) is 5.32 Å². The average Bonchev–Trinajstić information content (AvgIpc) is 2.45. The highest BCUT2D eigenvalue weighted by molar-refractivity contribution is 5.96. The first-order valence-corrected chi connectivity index (χ1v) is 6.89. The SMILES string of the molecule is CNc1ccc(C(=O)NCC2CCCCO2)c(C)c1. The van der Waals surface area contributed by atoms with Crippen LogP contribution < -0.4 is 10.6 Å². The first-order chi connectivity index (χ1) is 9.20. The number of hydrogen-bond donors (Lipinski definition) is 2. The molecule has 0 aliphatic carbocycles. The zero-order valence-corrected chi connectivity index (χ0v) is 11.7. The highest BCUT2D eigenvalue weighted by atomic mass is 16.5. The summed E-state index contributed by atoms with van der Waals surface area (Å²) in [5.41, 5.74) is 2.73. The molecule has 1 aromatic carbocycles. The van der Waals surface area contributed by atoms with Crippen LogP contribution in [0.15, 0.2) is 18.2 Å². The summed E-state index contributed by atoms with van der Waals surface area (Å²) in [6.45, 7) is 3.37. The quantitative estimate of drug-likeness (QED) is 0.875. The number of anilines is 1. The first-order valence-electron chi connectivity index (χ1n) is 6.89. The number of carbonyl (C=O) groups is 1. The van der Waals surface area contributed by atoms with Crippen molar-refractivity contribution >= 4 is 11.6 Å². The molecule has 0 radical (unpaired) electrons. The van der Waals surface area contributed by atoms with E-state index in [4.69, 9.17) is 4.74 Å². The number of hydrogen-bond acceptors (Lipinski definition) is 3. The molecule has 1 saturated heterocycles. The van der Waals surface area contributed by atoms with Crippen LogP contribution in [0.1, 0.15) is 35.2 Å².